The molecule has 2 aromatic carbocycles. The van der Waals surface area contributed by atoms with E-state index in [1.807, 2.05) is 38.1 Å². The first-order valence-electron chi connectivity index (χ1n) is 7.93. The van der Waals surface area contributed by atoms with Crippen molar-refractivity contribution in [3.05, 3.63) is 59.7 Å². The van der Waals surface area contributed by atoms with Gasteiger partial charge in [0.1, 0.15) is 11.5 Å². The molecule has 0 aliphatic heterocycles. The molecule has 0 aromatic heterocycles. The van der Waals surface area contributed by atoms with E-state index in [4.69, 9.17) is 9.05 Å². The van der Waals surface area contributed by atoms with Gasteiger partial charge in [-0.15, -0.1) is 0 Å². The number of aryl methyl sites for hydroxylation is 2. The summed E-state index contributed by atoms with van der Waals surface area (Å²) in [6, 6.07) is 14.3. The number of nitrogens with zero attached hydrogens (tertiary/aromatic N) is 1. The molecule has 6 nitrogen and oxygen atoms in total. The Morgan fingerprint density at radius 3 is 1.80 bits per heavy atom. The highest BCUT2D eigenvalue weighted by Gasteiger charge is 2.28. The van der Waals surface area contributed by atoms with Crippen LogP contribution in [0.25, 0.3) is 0 Å². The van der Waals surface area contributed by atoms with E-state index in [9.17, 15) is 14.6 Å². The van der Waals surface area contributed by atoms with Crippen LogP contribution in [0.2, 0.25) is 0 Å². The third-order valence-corrected chi connectivity index (χ3v) is 5.31. The number of hydrogen-bond acceptors (Lipinski definition) is 5. The maximum Gasteiger partial charge on any atom is 0.430 e. The summed E-state index contributed by atoms with van der Waals surface area (Å²) in [7, 11) is -3.51. The lowest BCUT2D eigenvalue weighted by atomic mass is 10.2. The van der Waals surface area contributed by atoms with Gasteiger partial charge in [0, 0.05) is 6.54 Å². The van der Waals surface area contributed by atoms with Crippen molar-refractivity contribution in [2.24, 2.45) is 0 Å². The second kappa shape index (κ2) is 8.70. The van der Waals surface area contributed by atoms with Crippen molar-refractivity contribution in [1.82, 2.24) is 5.06 Å². The molecular weight excluding hydrogens is 341 g/mol. The summed E-state index contributed by atoms with van der Waals surface area (Å²) >= 11 is 0. The maximum atomic E-state index is 13.2. The van der Waals surface area contributed by atoms with Crippen molar-refractivity contribution < 1.29 is 23.6 Å². The largest absolute Gasteiger partial charge is 0.430 e. The molecule has 1 N–H and O–H groups in total. The Bertz CT molecular complexity index is 679. The first-order valence-corrected chi connectivity index (χ1v) is 9.65. The molecule has 0 saturated heterocycles. The topological polar surface area (TPSA) is 76.1 Å². The first-order chi connectivity index (χ1) is 11.9. The Hall–Kier alpha value is -2.30. The quantitative estimate of drug-likeness (QED) is 0.313. The van der Waals surface area contributed by atoms with Crippen molar-refractivity contribution in [1.29, 1.82) is 0 Å². The van der Waals surface area contributed by atoms with E-state index in [1.54, 1.807) is 24.3 Å². The third kappa shape index (κ3) is 6.25. The Morgan fingerprint density at radius 2 is 1.40 bits per heavy atom. The van der Waals surface area contributed by atoms with Crippen molar-refractivity contribution >= 4 is 14.0 Å². The highest BCUT2D eigenvalue weighted by Crippen LogP contribution is 2.49. The van der Waals surface area contributed by atoms with E-state index in [-0.39, 0.29) is 19.1 Å². The van der Waals surface area contributed by atoms with Gasteiger partial charge in [0.05, 0.1) is 6.16 Å². The van der Waals surface area contributed by atoms with Crippen LogP contribution in [-0.2, 0) is 9.36 Å². The molecule has 2 rings (SSSR count). The number of amides is 1. The van der Waals surface area contributed by atoms with E-state index in [2.05, 4.69) is 0 Å². The molecule has 7 heteroatoms. The number of carbonyl (C=O) groups is 1. The standard InChI is InChI=1S/C18H22NO5P/c1-15-4-8-17(9-5-15)23-25(22,13-3-12-19(21)14-20)24-18-10-6-16(2)7-11-18/h4-11,14,21H,3,12-13H2,1-2H3. The molecule has 0 heterocycles. The summed E-state index contributed by atoms with van der Waals surface area (Å²) in [4.78, 5) is 10.5. The van der Waals surface area contributed by atoms with Gasteiger partial charge in [-0.1, -0.05) is 35.4 Å². The molecule has 2 aromatic rings. The van der Waals surface area contributed by atoms with Gasteiger partial charge >= 0.3 is 7.60 Å². The summed E-state index contributed by atoms with van der Waals surface area (Å²) < 4.78 is 24.5. The summed E-state index contributed by atoms with van der Waals surface area (Å²) in [6.45, 7) is 3.94. The van der Waals surface area contributed by atoms with Crippen molar-refractivity contribution in [2.45, 2.75) is 20.3 Å². The third-order valence-electron chi connectivity index (χ3n) is 3.47. The highest BCUT2D eigenvalue weighted by molar-refractivity contribution is 7.54. The maximum absolute atomic E-state index is 13.2. The van der Waals surface area contributed by atoms with Crippen LogP contribution in [0.15, 0.2) is 48.5 Å². The summed E-state index contributed by atoms with van der Waals surface area (Å²) in [5.74, 6) is 0.884. The van der Waals surface area contributed by atoms with E-state index in [1.165, 1.54) is 0 Å². The lowest BCUT2D eigenvalue weighted by Crippen LogP contribution is -2.19. The normalized spacial score (nSPS) is 11.0. The van der Waals surface area contributed by atoms with Crippen LogP contribution >= 0.6 is 7.60 Å². The molecular formula is C18H22NO5P. The van der Waals surface area contributed by atoms with Crippen LogP contribution in [0.1, 0.15) is 17.5 Å². The van der Waals surface area contributed by atoms with Crippen molar-refractivity contribution in [3.63, 3.8) is 0 Å². The average Bonchev–Trinajstić information content (AvgIpc) is 2.59. The average molecular weight is 363 g/mol. The minimum absolute atomic E-state index is 0.0437. The zero-order valence-corrected chi connectivity index (χ0v) is 15.2. The Balaban J connectivity index is 2.13. The van der Waals surface area contributed by atoms with E-state index < -0.39 is 7.60 Å². The Morgan fingerprint density at radius 1 is 0.960 bits per heavy atom. The molecule has 0 unspecified atom stereocenters. The molecule has 0 bridgehead atoms. The predicted molar refractivity (Wildman–Crippen MR) is 95.3 cm³/mol. The van der Waals surface area contributed by atoms with Gasteiger partial charge in [0.2, 0.25) is 6.41 Å². The monoisotopic (exact) mass is 363 g/mol. The Kier molecular flexibility index (Phi) is 6.62. The van der Waals surface area contributed by atoms with E-state index in [0.717, 1.165) is 11.1 Å². The minimum Gasteiger partial charge on any atom is -0.416 e. The fourth-order valence-corrected chi connectivity index (χ4v) is 3.74. The molecule has 0 radical (unpaired) electrons. The van der Waals surface area contributed by atoms with Gasteiger partial charge in [-0.05, 0) is 44.5 Å². The summed E-state index contributed by atoms with van der Waals surface area (Å²) in [5.41, 5.74) is 2.12. The van der Waals surface area contributed by atoms with Crippen LogP contribution in [0.3, 0.4) is 0 Å². The molecule has 0 aliphatic rings. The molecule has 1 amide bonds. The smallest absolute Gasteiger partial charge is 0.416 e. The molecule has 25 heavy (non-hydrogen) atoms. The zero-order valence-electron chi connectivity index (χ0n) is 14.3. The summed E-state index contributed by atoms with van der Waals surface area (Å²) in [5, 5.41) is 9.69. The van der Waals surface area contributed by atoms with Gasteiger partial charge in [-0.3, -0.25) is 10.0 Å². The lowest BCUT2D eigenvalue weighted by molar-refractivity contribution is -0.149. The van der Waals surface area contributed by atoms with Crippen LogP contribution < -0.4 is 9.05 Å². The molecule has 134 valence electrons. The highest BCUT2D eigenvalue weighted by atomic mass is 31.2. The molecule has 0 spiro atoms. The van der Waals surface area contributed by atoms with Gasteiger partial charge in [-0.2, -0.15) is 0 Å². The number of benzene rings is 2. The first kappa shape index (κ1) is 19.0. The zero-order chi connectivity index (χ0) is 18.3. The lowest BCUT2D eigenvalue weighted by Gasteiger charge is -2.21. The van der Waals surface area contributed by atoms with Gasteiger partial charge < -0.3 is 9.05 Å². The SMILES string of the molecule is Cc1ccc(OP(=O)(CCCN(O)C=O)Oc2ccc(C)cc2)cc1. The minimum atomic E-state index is -3.51. The molecule has 0 fully saturated rings. The van der Waals surface area contributed by atoms with Gasteiger partial charge in [-0.25, -0.2) is 9.63 Å². The fourth-order valence-electron chi connectivity index (χ4n) is 2.11. The number of carbonyl (C=O) groups excluding carboxylic acids is 1. The second-order valence-electron chi connectivity index (χ2n) is 5.77. The van der Waals surface area contributed by atoms with Crippen LogP contribution in [0.5, 0.6) is 11.5 Å². The van der Waals surface area contributed by atoms with Crippen LogP contribution in [-0.4, -0.2) is 29.4 Å². The second-order valence-corrected chi connectivity index (χ2v) is 7.80. The Labute approximate surface area is 147 Å². The van der Waals surface area contributed by atoms with Crippen LogP contribution in [0, 0.1) is 13.8 Å². The number of rotatable bonds is 9. The molecule has 0 saturated carbocycles. The van der Waals surface area contributed by atoms with Crippen molar-refractivity contribution in [3.8, 4) is 11.5 Å². The number of hydroxylamine groups is 2. The van der Waals surface area contributed by atoms with Gasteiger partial charge in [0.25, 0.3) is 0 Å². The fraction of sp³-hybridized carbons (Fsp3) is 0.278. The predicted octanol–water partition coefficient (Wildman–Crippen LogP) is 4.19. The van der Waals surface area contributed by atoms with Gasteiger partial charge in [0.15, 0.2) is 0 Å². The molecule has 0 aliphatic carbocycles. The van der Waals surface area contributed by atoms with Crippen molar-refractivity contribution in [2.75, 3.05) is 12.7 Å². The number of hydrogen-bond donors (Lipinski definition) is 1. The van der Waals surface area contributed by atoms with E-state index >= 15 is 0 Å². The van der Waals surface area contributed by atoms with Crippen LogP contribution in [0.4, 0.5) is 0 Å². The van der Waals surface area contributed by atoms with E-state index in [0.29, 0.717) is 23.0 Å². The summed E-state index contributed by atoms with van der Waals surface area (Å²) in [6.07, 6.45) is 0.622. The molecule has 0 atom stereocenters.